The molecule has 0 aromatic heterocycles. The van der Waals surface area contributed by atoms with E-state index in [-0.39, 0.29) is 29.5 Å². The van der Waals surface area contributed by atoms with Gasteiger partial charge in [-0.15, -0.1) is 0 Å². The Labute approximate surface area is 273 Å². The summed E-state index contributed by atoms with van der Waals surface area (Å²) < 4.78 is 30.0. The summed E-state index contributed by atoms with van der Waals surface area (Å²) in [5.41, 5.74) is 2.79. The Morgan fingerprint density at radius 1 is 0.886 bits per heavy atom. The lowest BCUT2D eigenvalue weighted by atomic mass is 10.0. The standard InChI is InChI=1S/C34H35BrClN3O4S/c1-3-19-37-34(41)32(21-26-9-5-4-6-10-26)38(23-27-11-7-12-28(35)20-27)33(40)24-39(30-14-8-13-29(36)22-30)44(42,43)31-17-15-25(2)16-18-31/h4-18,20,22,32H,3,19,21,23-24H2,1-2H3,(H,37,41). The number of nitrogens with one attached hydrogen (secondary N) is 1. The highest BCUT2D eigenvalue weighted by molar-refractivity contribution is 9.10. The predicted octanol–water partition coefficient (Wildman–Crippen LogP) is 6.77. The Kier molecular flexibility index (Phi) is 11.6. The van der Waals surface area contributed by atoms with Crippen LogP contribution in [0.5, 0.6) is 0 Å². The van der Waals surface area contributed by atoms with Crippen LogP contribution in [0.15, 0.2) is 112 Å². The van der Waals surface area contributed by atoms with Gasteiger partial charge in [0.15, 0.2) is 0 Å². The van der Waals surface area contributed by atoms with Crippen LogP contribution in [0.4, 0.5) is 5.69 Å². The molecule has 0 saturated heterocycles. The third-order valence-corrected chi connectivity index (χ3v) is 9.56. The SMILES string of the molecule is CCCNC(=O)C(Cc1ccccc1)N(Cc1cccc(Br)c1)C(=O)CN(c1cccc(Cl)c1)S(=O)(=O)c1ccc(C)cc1. The van der Waals surface area contributed by atoms with Crippen LogP contribution in [0.25, 0.3) is 0 Å². The summed E-state index contributed by atoms with van der Waals surface area (Å²) in [5.74, 6) is -0.844. The summed E-state index contributed by atoms with van der Waals surface area (Å²) in [4.78, 5) is 29.6. The van der Waals surface area contributed by atoms with Crippen molar-refractivity contribution in [1.29, 1.82) is 0 Å². The van der Waals surface area contributed by atoms with E-state index in [1.807, 2.05) is 68.4 Å². The number of hydrogen-bond donors (Lipinski definition) is 1. The summed E-state index contributed by atoms with van der Waals surface area (Å²) in [6, 6.07) is 28.8. The van der Waals surface area contributed by atoms with Crippen LogP contribution in [0, 0.1) is 6.92 Å². The first kappa shape index (κ1) is 33.2. The molecule has 4 aromatic carbocycles. The van der Waals surface area contributed by atoms with Gasteiger partial charge in [0.25, 0.3) is 10.0 Å². The number of halogens is 2. The van der Waals surface area contributed by atoms with E-state index in [0.717, 1.165) is 31.9 Å². The summed E-state index contributed by atoms with van der Waals surface area (Å²) >= 11 is 9.78. The molecule has 1 atom stereocenters. The fraction of sp³-hybridized carbons (Fsp3) is 0.235. The largest absolute Gasteiger partial charge is 0.354 e. The van der Waals surface area contributed by atoms with Crippen LogP contribution in [0.3, 0.4) is 0 Å². The van der Waals surface area contributed by atoms with Gasteiger partial charge in [-0.3, -0.25) is 13.9 Å². The van der Waals surface area contributed by atoms with E-state index in [1.165, 1.54) is 23.1 Å². The van der Waals surface area contributed by atoms with Crippen LogP contribution in [-0.4, -0.2) is 44.3 Å². The van der Waals surface area contributed by atoms with Crippen molar-refractivity contribution in [1.82, 2.24) is 10.2 Å². The minimum Gasteiger partial charge on any atom is -0.354 e. The molecule has 0 fully saturated rings. The van der Waals surface area contributed by atoms with Gasteiger partial charge in [0.05, 0.1) is 10.6 Å². The number of sulfonamides is 1. The third-order valence-electron chi connectivity index (χ3n) is 7.05. The third kappa shape index (κ3) is 8.71. The van der Waals surface area contributed by atoms with Gasteiger partial charge in [-0.1, -0.05) is 101 Å². The first-order chi connectivity index (χ1) is 21.1. The normalized spacial score (nSPS) is 11.9. The zero-order chi connectivity index (χ0) is 31.7. The summed E-state index contributed by atoms with van der Waals surface area (Å²) in [6.45, 7) is 3.81. The number of benzene rings is 4. The van der Waals surface area contributed by atoms with Crippen molar-refractivity contribution in [2.24, 2.45) is 0 Å². The first-order valence-corrected chi connectivity index (χ1v) is 16.9. The maximum atomic E-state index is 14.4. The number of carbonyl (C=O) groups is 2. The van der Waals surface area contributed by atoms with Crippen molar-refractivity contribution in [2.45, 2.75) is 44.2 Å². The molecule has 0 heterocycles. The number of carbonyl (C=O) groups excluding carboxylic acids is 2. The number of nitrogens with zero attached hydrogens (tertiary/aromatic N) is 2. The van der Waals surface area contributed by atoms with Crippen molar-refractivity contribution in [3.8, 4) is 0 Å². The van der Waals surface area contributed by atoms with E-state index in [2.05, 4.69) is 21.2 Å². The van der Waals surface area contributed by atoms with Crippen molar-refractivity contribution in [3.05, 3.63) is 129 Å². The van der Waals surface area contributed by atoms with E-state index in [4.69, 9.17) is 11.6 Å². The second kappa shape index (κ2) is 15.4. The van der Waals surface area contributed by atoms with Crippen molar-refractivity contribution in [2.75, 3.05) is 17.4 Å². The van der Waals surface area contributed by atoms with Crippen LogP contribution in [-0.2, 0) is 32.6 Å². The fourth-order valence-corrected chi connectivity index (χ4v) is 6.79. The van der Waals surface area contributed by atoms with Gasteiger partial charge in [0, 0.05) is 29.0 Å². The molecule has 0 saturated carbocycles. The van der Waals surface area contributed by atoms with E-state index in [0.29, 0.717) is 11.6 Å². The van der Waals surface area contributed by atoms with E-state index < -0.39 is 28.5 Å². The summed E-state index contributed by atoms with van der Waals surface area (Å²) in [7, 11) is -4.20. The lowest BCUT2D eigenvalue weighted by Gasteiger charge is -2.34. The Morgan fingerprint density at radius 3 is 2.23 bits per heavy atom. The van der Waals surface area contributed by atoms with E-state index in [1.54, 1.807) is 30.3 Å². The molecule has 230 valence electrons. The number of hydrogen-bond acceptors (Lipinski definition) is 4. The molecule has 0 bridgehead atoms. The van der Waals surface area contributed by atoms with Gasteiger partial charge in [0.2, 0.25) is 11.8 Å². The number of rotatable bonds is 13. The highest BCUT2D eigenvalue weighted by atomic mass is 79.9. The lowest BCUT2D eigenvalue weighted by molar-refractivity contribution is -0.140. The number of aryl methyl sites for hydroxylation is 1. The molecule has 0 aliphatic rings. The Hall–Kier alpha value is -3.66. The monoisotopic (exact) mass is 695 g/mol. The Morgan fingerprint density at radius 2 is 1.57 bits per heavy atom. The maximum Gasteiger partial charge on any atom is 0.264 e. The lowest BCUT2D eigenvalue weighted by Crippen LogP contribution is -2.53. The molecule has 0 radical (unpaired) electrons. The zero-order valence-electron chi connectivity index (χ0n) is 24.6. The Bertz CT molecular complexity index is 1680. The van der Waals surface area contributed by atoms with Gasteiger partial charge in [0.1, 0.15) is 12.6 Å². The molecule has 1 N–H and O–H groups in total. The molecule has 4 aromatic rings. The minimum atomic E-state index is -4.20. The average Bonchev–Trinajstić information content (AvgIpc) is 3.01. The van der Waals surface area contributed by atoms with Crippen molar-refractivity contribution in [3.63, 3.8) is 0 Å². The van der Waals surface area contributed by atoms with Crippen LogP contribution in [0.1, 0.15) is 30.0 Å². The average molecular weight is 697 g/mol. The van der Waals surface area contributed by atoms with Crippen LogP contribution < -0.4 is 9.62 Å². The van der Waals surface area contributed by atoms with Gasteiger partial charge in [-0.2, -0.15) is 0 Å². The molecule has 0 aliphatic carbocycles. The molecule has 0 aliphatic heterocycles. The van der Waals surface area contributed by atoms with Crippen molar-refractivity contribution >= 4 is 55.1 Å². The fourth-order valence-electron chi connectivity index (χ4n) is 4.75. The van der Waals surface area contributed by atoms with Gasteiger partial charge in [-0.05, 0) is 66.9 Å². The molecule has 10 heteroatoms. The van der Waals surface area contributed by atoms with Gasteiger partial charge in [-0.25, -0.2) is 8.42 Å². The highest BCUT2D eigenvalue weighted by Gasteiger charge is 2.34. The second-order valence-corrected chi connectivity index (χ2v) is 13.7. The van der Waals surface area contributed by atoms with E-state index in [9.17, 15) is 18.0 Å². The summed E-state index contributed by atoms with van der Waals surface area (Å²) in [6.07, 6.45) is 0.971. The summed E-state index contributed by atoms with van der Waals surface area (Å²) in [5, 5.41) is 3.27. The van der Waals surface area contributed by atoms with Gasteiger partial charge >= 0.3 is 0 Å². The van der Waals surface area contributed by atoms with Gasteiger partial charge < -0.3 is 10.2 Å². The van der Waals surface area contributed by atoms with Crippen LogP contribution in [0.2, 0.25) is 5.02 Å². The van der Waals surface area contributed by atoms with E-state index >= 15 is 0 Å². The zero-order valence-corrected chi connectivity index (χ0v) is 27.8. The molecule has 1 unspecified atom stereocenters. The number of amides is 2. The highest BCUT2D eigenvalue weighted by Crippen LogP contribution is 2.27. The molecule has 7 nitrogen and oxygen atoms in total. The molecular weight excluding hydrogens is 662 g/mol. The Balaban J connectivity index is 1.80. The minimum absolute atomic E-state index is 0.0379. The second-order valence-electron chi connectivity index (χ2n) is 10.5. The van der Waals surface area contributed by atoms with Crippen molar-refractivity contribution < 1.29 is 18.0 Å². The predicted molar refractivity (Wildman–Crippen MR) is 179 cm³/mol. The quantitative estimate of drug-likeness (QED) is 0.167. The maximum absolute atomic E-state index is 14.4. The van der Waals surface area contributed by atoms with Crippen LogP contribution >= 0.6 is 27.5 Å². The molecule has 44 heavy (non-hydrogen) atoms. The number of anilines is 1. The topological polar surface area (TPSA) is 86.8 Å². The molecule has 0 spiro atoms. The molecule has 2 amide bonds. The molecular formula is C34H35BrClN3O4S. The smallest absolute Gasteiger partial charge is 0.264 e. The first-order valence-electron chi connectivity index (χ1n) is 14.3. The molecule has 4 rings (SSSR count).